The van der Waals surface area contributed by atoms with Crippen molar-refractivity contribution in [3.8, 4) is 11.5 Å². The third-order valence-corrected chi connectivity index (χ3v) is 2.20. The molecule has 0 saturated heterocycles. The number of carbonyl (C=O) groups is 1. The quantitative estimate of drug-likeness (QED) is 0.650. The average molecular weight is 209 g/mol. The number of hydrogen-bond donors (Lipinski definition) is 3. The Morgan fingerprint density at radius 2 is 2.00 bits per heavy atom. The lowest BCUT2D eigenvalue weighted by Gasteiger charge is -2.08. The summed E-state index contributed by atoms with van der Waals surface area (Å²) in [5.74, 6) is -0.532. The van der Waals surface area contributed by atoms with Crippen LogP contribution in [0.25, 0.3) is 0 Å². The summed E-state index contributed by atoms with van der Waals surface area (Å²) < 4.78 is 0. The summed E-state index contributed by atoms with van der Waals surface area (Å²) in [5.41, 5.74) is 6.05. The number of hydrogen-bond acceptors (Lipinski definition) is 4. The lowest BCUT2D eigenvalue weighted by molar-refractivity contribution is 0.0998. The number of Topliss-reactive ketones (excluding diaryl/α,β-unsaturated/α-hetero) is 1. The SMILES string of the molecule is CCCc1cc(C(=O)CN)c(O)cc1O. The zero-order valence-electron chi connectivity index (χ0n) is 8.66. The second-order valence-electron chi connectivity index (χ2n) is 3.38. The molecule has 4 N–H and O–H groups in total. The number of aryl methyl sites for hydroxylation is 1. The maximum Gasteiger partial charge on any atom is 0.180 e. The second kappa shape index (κ2) is 4.79. The largest absolute Gasteiger partial charge is 0.508 e. The molecule has 0 atom stereocenters. The number of ketones is 1. The van der Waals surface area contributed by atoms with Crippen LogP contribution in [0.4, 0.5) is 0 Å². The Morgan fingerprint density at radius 1 is 1.33 bits per heavy atom. The summed E-state index contributed by atoms with van der Waals surface area (Å²) in [6, 6.07) is 2.69. The molecule has 1 aromatic carbocycles. The fourth-order valence-corrected chi connectivity index (χ4v) is 1.42. The van der Waals surface area contributed by atoms with Crippen LogP contribution in [0.15, 0.2) is 12.1 Å². The summed E-state index contributed by atoms with van der Waals surface area (Å²) in [6.07, 6.45) is 1.52. The van der Waals surface area contributed by atoms with Crippen LogP contribution in [0.5, 0.6) is 11.5 Å². The smallest absolute Gasteiger partial charge is 0.180 e. The molecule has 0 bridgehead atoms. The zero-order valence-corrected chi connectivity index (χ0v) is 8.66. The van der Waals surface area contributed by atoms with E-state index in [4.69, 9.17) is 5.73 Å². The number of phenolic OH excluding ortho intramolecular Hbond substituents is 2. The molecule has 0 aliphatic rings. The summed E-state index contributed by atoms with van der Waals surface area (Å²) in [4.78, 5) is 11.3. The van der Waals surface area contributed by atoms with Crippen LogP contribution >= 0.6 is 0 Å². The Labute approximate surface area is 88.3 Å². The van der Waals surface area contributed by atoms with Gasteiger partial charge in [-0.05, 0) is 18.1 Å². The first kappa shape index (κ1) is 11.5. The van der Waals surface area contributed by atoms with Gasteiger partial charge in [-0.1, -0.05) is 13.3 Å². The van der Waals surface area contributed by atoms with E-state index in [1.165, 1.54) is 12.1 Å². The molecule has 0 aliphatic heterocycles. The van der Waals surface area contributed by atoms with Gasteiger partial charge in [0.15, 0.2) is 5.78 Å². The summed E-state index contributed by atoms with van der Waals surface area (Å²) in [7, 11) is 0. The first-order valence-electron chi connectivity index (χ1n) is 4.88. The van der Waals surface area contributed by atoms with Crippen LogP contribution in [0.3, 0.4) is 0 Å². The minimum atomic E-state index is -0.329. The van der Waals surface area contributed by atoms with Gasteiger partial charge in [0.05, 0.1) is 12.1 Å². The summed E-state index contributed by atoms with van der Waals surface area (Å²) in [6.45, 7) is 1.82. The minimum absolute atomic E-state index is 0.0166. The average Bonchev–Trinajstić information content (AvgIpc) is 2.21. The van der Waals surface area contributed by atoms with Crippen molar-refractivity contribution in [3.63, 3.8) is 0 Å². The van der Waals surface area contributed by atoms with Crippen LogP contribution in [-0.4, -0.2) is 22.5 Å². The Hall–Kier alpha value is -1.55. The Bertz CT molecular complexity index is 374. The first-order chi connectivity index (χ1) is 7.10. The van der Waals surface area contributed by atoms with E-state index in [1.807, 2.05) is 6.92 Å². The lowest BCUT2D eigenvalue weighted by Crippen LogP contribution is -2.14. The van der Waals surface area contributed by atoms with E-state index >= 15 is 0 Å². The number of aromatic hydroxyl groups is 2. The van der Waals surface area contributed by atoms with Gasteiger partial charge >= 0.3 is 0 Å². The second-order valence-corrected chi connectivity index (χ2v) is 3.38. The molecule has 0 spiro atoms. The lowest BCUT2D eigenvalue weighted by atomic mass is 10.0. The van der Waals surface area contributed by atoms with Gasteiger partial charge in [-0.25, -0.2) is 0 Å². The molecule has 1 rings (SSSR count). The van der Waals surface area contributed by atoms with Crippen LogP contribution in [0.2, 0.25) is 0 Å². The fraction of sp³-hybridized carbons (Fsp3) is 0.364. The first-order valence-corrected chi connectivity index (χ1v) is 4.88. The van der Waals surface area contributed by atoms with Crippen molar-refractivity contribution < 1.29 is 15.0 Å². The maximum absolute atomic E-state index is 11.3. The monoisotopic (exact) mass is 209 g/mol. The fourth-order valence-electron chi connectivity index (χ4n) is 1.42. The highest BCUT2D eigenvalue weighted by atomic mass is 16.3. The molecule has 4 nitrogen and oxygen atoms in total. The topological polar surface area (TPSA) is 83.6 Å². The molecule has 0 aromatic heterocycles. The molecule has 82 valence electrons. The van der Waals surface area contributed by atoms with Gasteiger partial charge < -0.3 is 15.9 Å². The van der Waals surface area contributed by atoms with Crippen molar-refractivity contribution in [2.75, 3.05) is 6.54 Å². The van der Waals surface area contributed by atoms with Gasteiger partial charge in [-0.15, -0.1) is 0 Å². The zero-order chi connectivity index (χ0) is 11.4. The predicted octanol–water partition coefficient (Wildman–Crippen LogP) is 1.19. The van der Waals surface area contributed by atoms with E-state index in [-0.39, 0.29) is 29.4 Å². The Morgan fingerprint density at radius 3 is 2.53 bits per heavy atom. The number of nitrogens with two attached hydrogens (primary N) is 1. The molecule has 4 heteroatoms. The van der Waals surface area contributed by atoms with E-state index < -0.39 is 0 Å². The molecule has 0 radical (unpaired) electrons. The minimum Gasteiger partial charge on any atom is -0.508 e. The summed E-state index contributed by atoms with van der Waals surface area (Å²) >= 11 is 0. The molecule has 15 heavy (non-hydrogen) atoms. The molecule has 0 saturated carbocycles. The third-order valence-electron chi connectivity index (χ3n) is 2.20. The molecule has 0 amide bonds. The molecule has 0 heterocycles. The summed E-state index contributed by atoms with van der Waals surface area (Å²) in [5, 5.41) is 18.9. The van der Waals surface area contributed by atoms with Gasteiger partial charge in [0, 0.05) is 6.07 Å². The predicted molar refractivity (Wildman–Crippen MR) is 57.2 cm³/mol. The highest BCUT2D eigenvalue weighted by Crippen LogP contribution is 2.28. The van der Waals surface area contributed by atoms with E-state index in [0.717, 1.165) is 6.42 Å². The number of rotatable bonds is 4. The molecule has 0 fully saturated rings. The highest BCUT2D eigenvalue weighted by Gasteiger charge is 2.13. The van der Waals surface area contributed by atoms with Gasteiger partial charge in [0.25, 0.3) is 0 Å². The maximum atomic E-state index is 11.3. The number of phenols is 2. The Balaban J connectivity index is 3.17. The molecule has 0 aliphatic carbocycles. The molecule has 1 aromatic rings. The van der Waals surface area contributed by atoms with Crippen molar-refractivity contribution in [2.24, 2.45) is 5.73 Å². The van der Waals surface area contributed by atoms with Crippen molar-refractivity contribution >= 4 is 5.78 Å². The third kappa shape index (κ3) is 2.47. The number of benzene rings is 1. The molecular formula is C11H15NO3. The van der Waals surface area contributed by atoms with E-state index in [9.17, 15) is 15.0 Å². The van der Waals surface area contributed by atoms with Crippen molar-refractivity contribution in [1.82, 2.24) is 0 Å². The van der Waals surface area contributed by atoms with Crippen molar-refractivity contribution in [3.05, 3.63) is 23.3 Å². The van der Waals surface area contributed by atoms with Gasteiger partial charge in [0.2, 0.25) is 0 Å². The molecular weight excluding hydrogens is 194 g/mol. The van der Waals surface area contributed by atoms with E-state index in [0.29, 0.717) is 12.0 Å². The van der Waals surface area contributed by atoms with Crippen molar-refractivity contribution in [2.45, 2.75) is 19.8 Å². The van der Waals surface area contributed by atoms with Gasteiger partial charge in [0.1, 0.15) is 11.5 Å². The van der Waals surface area contributed by atoms with Gasteiger partial charge in [-0.3, -0.25) is 4.79 Å². The van der Waals surface area contributed by atoms with Crippen LogP contribution < -0.4 is 5.73 Å². The highest BCUT2D eigenvalue weighted by molar-refractivity contribution is 6.00. The van der Waals surface area contributed by atoms with E-state index in [2.05, 4.69) is 0 Å². The normalized spacial score (nSPS) is 10.3. The van der Waals surface area contributed by atoms with Crippen LogP contribution in [0, 0.1) is 0 Å². The molecule has 0 unspecified atom stereocenters. The van der Waals surface area contributed by atoms with Crippen LogP contribution in [0.1, 0.15) is 29.3 Å². The standard InChI is InChI=1S/C11H15NO3/c1-2-3-7-4-8(11(15)6-12)10(14)5-9(7)13/h4-5,13-14H,2-3,6,12H2,1H3. The van der Waals surface area contributed by atoms with Gasteiger partial charge in [-0.2, -0.15) is 0 Å². The van der Waals surface area contributed by atoms with E-state index in [1.54, 1.807) is 0 Å². The van der Waals surface area contributed by atoms with Crippen LogP contribution in [-0.2, 0) is 6.42 Å². The van der Waals surface area contributed by atoms with Crippen molar-refractivity contribution in [1.29, 1.82) is 0 Å². The Kier molecular flexibility index (Phi) is 3.68. The number of carbonyl (C=O) groups excluding carboxylic acids is 1.